The lowest BCUT2D eigenvalue weighted by atomic mass is 9.93. The number of aromatic nitrogens is 5. The molecule has 124 valence electrons. The third-order valence-electron chi connectivity index (χ3n) is 3.72. The summed E-state index contributed by atoms with van der Waals surface area (Å²) in [5, 5.41) is 4.95. The van der Waals surface area contributed by atoms with Crippen LogP contribution in [0.15, 0.2) is 30.7 Å². The molecule has 2 N–H and O–H groups in total. The van der Waals surface area contributed by atoms with Gasteiger partial charge in [-0.15, -0.1) is 0 Å². The molecule has 8 nitrogen and oxygen atoms in total. The molecule has 1 unspecified atom stereocenters. The number of pyridine rings is 1. The van der Waals surface area contributed by atoms with Crippen LogP contribution >= 0.6 is 11.6 Å². The summed E-state index contributed by atoms with van der Waals surface area (Å²) in [6.07, 6.45) is 4.69. The Balaban J connectivity index is 2.29. The lowest BCUT2D eigenvalue weighted by Gasteiger charge is -2.28. The molecule has 3 aromatic rings. The second kappa shape index (κ2) is 6.04. The Morgan fingerprint density at radius 3 is 2.88 bits per heavy atom. The third-order valence-corrected chi connectivity index (χ3v) is 4.01. The van der Waals surface area contributed by atoms with E-state index in [1.165, 1.54) is 10.9 Å². The van der Waals surface area contributed by atoms with Gasteiger partial charge >= 0.3 is 5.97 Å². The Morgan fingerprint density at radius 2 is 2.21 bits per heavy atom. The van der Waals surface area contributed by atoms with Crippen LogP contribution in [0.4, 0.5) is 5.95 Å². The van der Waals surface area contributed by atoms with E-state index in [0.29, 0.717) is 16.6 Å². The number of hydrogen-bond donors (Lipinski definition) is 1. The van der Waals surface area contributed by atoms with E-state index in [9.17, 15) is 4.79 Å². The van der Waals surface area contributed by atoms with Crippen molar-refractivity contribution in [1.29, 1.82) is 0 Å². The second-order valence-corrected chi connectivity index (χ2v) is 5.56. The highest BCUT2D eigenvalue weighted by Gasteiger charge is 2.41. The van der Waals surface area contributed by atoms with Crippen LogP contribution in [0.2, 0.25) is 5.15 Å². The van der Waals surface area contributed by atoms with Crippen LogP contribution in [-0.2, 0) is 15.1 Å². The van der Waals surface area contributed by atoms with Gasteiger partial charge in [-0.25, -0.2) is 14.5 Å². The molecule has 0 aliphatic heterocycles. The number of hydrogen-bond acceptors (Lipinski definition) is 7. The summed E-state index contributed by atoms with van der Waals surface area (Å²) in [5.74, 6) is -0.497. The molecular weight excluding hydrogens is 332 g/mol. The van der Waals surface area contributed by atoms with Crippen molar-refractivity contribution in [1.82, 2.24) is 24.7 Å². The van der Waals surface area contributed by atoms with Crippen molar-refractivity contribution in [3.63, 3.8) is 0 Å². The zero-order valence-electron chi connectivity index (χ0n) is 13.1. The van der Waals surface area contributed by atoms with E-state index in [-0.39, 0.29) is 17.7 Å². The van der Waals surface area contributed by atoms with Gasteiger partial charge in [-0.1, -0.05) is 17.7 Å². The molecule has 0 radical (unpaired) electrons. The molecule has 0 amide bonds. The molecule has 24 heavy (non-hydrogen) atoms. The van der Waals surface area contributed by atoms with Crippen molar-refractivity contribution in [2.24, 2.45) is 0 Å². The van der Waals surface area contributed by atoms with Crippen LogP contribution in [0.3, 0.4) is 0 Å². The average molecular weight is 347 g/mol. The van der Waals surface area contributed by atoms with Crippen molar-refractivity contribution < 1.29 is 9.53 Å². The van der Waals surface area contributed by atoms with Crippen LogP contribution in [0.5, 0.6) is 0 Å². The monoisotopic (exact) mass is 346 g/mol. The summed E-state index contributed by atoms with van der Waals surface area (Å²) in [6, 6.07) is 3.50. The number of halogens is 1. The molecule has 0 spiro atoms. The van der Waals surface area contributed by atoms with Gasteiger partial charge in [0.05, 0.1) is 18.2 Å². The summed E-state index contributed by atoms with van der Waals surface area (Å²) in [6.45, 7) is 3.65. The summed E-state index contributed by atoms with van der Waals surface area (Å²) in [7, 11) is 0. The van der Waals surface area contributed by atoms with Crippen LogP contribution < -0.4 is 5.73 Å². The van der Waals surface area contributed by atoms with E-state index in [0.717, 1.165) is 0 Å². The molecule has 0 aliphatic rings. The molecule has 3 aromatic heterocycles. The van der Waals surface area contributed by atoms with Gasteiger partial charge in [-0.2, -0.15) is 10.1 Å². The fourth-order valence-corrected chi connectivity index (χ4v) is 2.69. The fourth-order valence-electron chi connectivity index (χ4n) is 2.47. The molecular formula is C15H15ClN6O2. The number of ether oxygens (including phenoxy) is 1. The zero-order valence-corrected chi connectivity index (χ0v) is 13.9. The van der Waals surface area contributed by atoms with Gasteiger partial charge in [-0.3, -0.25) is 4.98 Å². The number of esters is 1. The molecule has 3 rings (SSSR count). The van der Waals surface area contributed by atoms with Crippen molar-refractivity contribution in [3.05, 3.63) is 41.4 Å². The number of anilines is 1. The quantitative estimate of drug-likeness (QED) is 0.566. The standard InChI is InChI=1S/C15H15ClN6O2/c1-3-24-13(23)15(2,9-5-4-6-18-7-9)22-12-10(8-19-22)11(16)20-14(17)21-12/h4-8H,3H2,1-2H3,(H2,17,20,21). The Labute approximate surface area is 142 Å². The van der Waals surface area contributed by atoms with Crippen molar-refractivity contribution in [2.45, 2.75) is 19.4 Å². The Morgan fingerprint density at radius 1 is 1.42 bits per heavy atom. The Bertz CT molecular complexity index is 898. The van der Waals surface area contributed by atoms with Gasteiger partial charge in [0.15, 0.2) is 11.2 Å². The average Bonchev–Trinajstić information content (AvgIpc) is 2.99. The van der Waals surface area contributed by atoms with Crippen LogP contribution in [0, 0.1) is 0 Å². The van der Waals surface area contributed by atoms with E-state index < -0.39 is 11.5 Å². The molecule has 0 bridgehead atoms. The number of nitrogens with zero attached hydrogens (tertiary/aromatic N) is 5. The first kappa shape index (κ1) is 16.1. The van der Waals surface area contributed by atoms with Crippen LogP contribution in [0.1, 0.15) is 19.4 Å². The van der Waals surface area contributed by atoms with E-state index in [2.05, 4.69) is 20.1 Å². The highest BCUT2D eigenvalue weighted by atomic mass is 35.5. The largest absolute Gasteiger partial charge is 0.464 e. The highest BCUT2D eigenvalue weighted by Crippen LogP contribution is 2.31. The van der Waals surface area contributed by atoms with Gasteiger partial charge in [-0.05, 0) is 19.9 Å². The second-order valence-electron chi connectivity index (χ2n) is 5.20. The van der Waals surface area contributed by atoms with Gasteiger partial charge in [0.25, 0.3) is 0 Å². The van der Waals surface area contributed by atoms with Gasteiger partial charge in [0, 0.05) is 18.0 Å². The molecule has 0 aromatic carbocycles. The van der Waals surface area contributed by atoms with Crippen molar-refractivity contribution in [3.8, 4) is 0 Å². The van der Waals surface area contributed by atoms with Crippen molar-refractivity contribution >= 4 is 34.6 Å². The number of nitrogens with two attached hydrogens (primary N) is 1. The summed E-state index contributed by atoms with van der Waals surface area (Å²) in [4.78, 5) is 24.9. The van der Waals surface area contributed by atoms with E-state index >= 15 is 0 Å². The SMILES string of the molecule is CCOC(=O)C(C)(c1cccnc1)n1ncc2c(Cl)nc(N)nc21. The maximum atomic E-state index is 12.8. The summed E-state index contributed by atoms with van der Waals surface area (Å²) in [5.41, 5.74) is 5.35. The summed E-state index contributed by atoms with van der Waals surface area (Å²) >= 11 is 6.10. The molecule has 0 fully saturated rings. The zero-order chi connectivity index (χ0) is 17.3. The minimum absolute atomic E-state index is 0.00774. The molecule has 9 heteroatoms. The predicted octanol–water partition coefficient (Wildman–Crippen LogP) is 1.78. The number of carbonyl (C=O) groups excluding carboxylic acids is 1. The maximum absolute atomic E-state index is 12.8. The van der Waals surface area contributed by atoms with Gasteiger partial charge in [0.1, 0.15) is 5.15 Å². The van der Waals surface area contributed by atoms with E-state index in [1.807, 2.05) is 0 Å². The van der Waals surface area contributed by atoms with E-state index in [1.54, 1.807) is 38.4 Å². The molecule has 0 saturated carbocycles. The molecule has 1 atom stereocenters. The minimum Gasteiger partial charge on any atom is -0.464 e. The first-order valence-electron chi connectivity index (χ1n) is 7.23. The molecule has 0 saturated heterocycles. The normalized spacial score (nSPS) is 13.6. The number of carbonyl (C=O) groups is 1. The predicted molar refractivity (Wildman–Crippen MR) is 88.4 cm³/mol. The fraction of sp³-hybridized carbons (Fsp3) is 0.267. The first-order valence-corrected chi connectivity index (χ1v) is 7.61. The topological polar surface area (TPSA) is 109 Å². The number of nitrogen functional groups attached to an aromatic ring is 1. The minimum atomic E-state index is -1.28. The smallest absolute Gasteiger partial charge is 0.338 e. The Kier molecular flexibility index (Phi) is 4.06. The van der Waals surface area contributed by atoms with Gasteiger partial charge < -0.3 is 10.5 Å². The summed E-state index contributed by atoms with van der Waals surface area (Å²) < 4.78 is 6.69. The van der Waals surface area contributed by atoms with Gasteiger partial charge in [0.2, 0.25) is 5.95 Å². The lowest BCUT2D eigenvalue weighted by Crippen LogP contribution is -2.42. The molecule has 0 aliphatic carbocycles. The van der Waals surface area contributed by atoms with E-state index in [4.69, 9.17) is 22.1 Å². The lowest BCUT2D eigenvalue weighted by molar-refractivity contribution is -0.151. The highest BCUT2D eigenvalue weighted by molar-refractivity contribution is 6.34. The number of rotatable bonds is 4. The third kappa shape index (κ3) is 2.44. The molecule has 3 heterocycles. The first-order chi connectivity index (χ1) is 11.5. The maximum Gasteiger partial charge on any atom is 0.338 e. The number of fused-ring (bicyclic) bond motifs is 1. The van der Waals surface area contributed by atoms with Crippen LogP contribution in [0.25, 0.3) is 11.0 Å². The van der Waals surface area contributed by atoms with Crippen LogP contribution in [-0.4, -0.2) is 37.3 Å². The Hall–Kier alpha value is -2.74. The van der Waals surface area contributed by atoms with Crippen molar-refractivity contribution in [2.75, 3.05) is 12.3 Å².